The molecule has 1 aliphatic rings. The second kappa shape index (κ2) is 5.61. The van der Waals surface area contributed by atoms with Crippen molar-refractivity contribution in [1.82, 2.24) is 0 Å². The van der Waals surface area contributed by atoms with Gasteiger partial charge in [-0.05, 0) is 38.0 Å². The summed E-state index contributed by atoms with van der Waals surface area (Å²) in [5, 5.41) is 12.9. The van der Waals surface area contributed by atoms with Gasteiger partial charge in [-0.1, -0.05) is 12.8 Å². The summed E-state index contributed by atoms with van der Waals surface area (Å²) in [6, 6.07) is 5.41. The minimum Gasteiger partial charge on any atom is -0.398 e. The Morgan fingerprint density at radius 2 is 2.11 bits per heavy atom. The Morgan fingerprint density at radius 3 is 2.63 bits per heavy atom. The van der Waals surface area contributed by atoms with Gasteiger partial charge in [0.2, 0.25) is 0 Å². The number of hydrogen-bond donors (Lipinski definition) is 3. The zero-order valence-electron chi connectivity index (χ0n) is 11.4. The summed E-state index contributed by atoms with van der Waals surface area (Å²) in [4.78, 5) is 11.3. The first-order valence-electron chi connectivity index (χ1n) is 6.81. The first-order chi connectivity index (χ1) is 9.06. The van der Waals surface area contributed by atoms with Crippen LogP contribution in [0.25, 0.3) is 0 Å². The lowest BCUT2D eigenvalue weighted by molar-refractivity contribution is 0.101. The number of Topliss-reactive ketones (excluding diaryl/α,β-unsaturated/α-hetero) is 1. The fraction of sp³-hybridized carbons (Fsp3) is 0.533. The number of aliphatic hydroxyl groups excluding tert-OH is 1. The predicted octanol–water partition coefficient (Wildman–Crippen LogP) is 2.44. The van der Waals surface area contributed by atoms with Crippen LogP contribution in [0.5, 0.6) is 0 Å². The monoisotopic (exact) mass is 262 g/mol. The third kappa shape index (κ3) is 3.07. The van der Waals surface area contributed by atoms with E-state index in [1.54, 1.807) is 12.1 Å². The first kappa shape index (κ1) is 13.9. The van der Waals surface area contributed by atoms with E-state index in [0.29, 0.717) is 11.3 Å². The minimum absolute atomic E-state index is 0.00795. The van der Waals surface area contributed by atoms with Crippen LogP contribution < -0.4 is 11.1 Å². The van der Waals surface area contributed by atoms with E-state index >= 15 is 0 Å². The quantitative estimate of drug-likeness (QED) is 0.563. The maximum atomic E-state index is 11.3. The predicted molar refractivity (Wildman–Crippen MR) is 77.3 cm³/mol. The molecule has 0 bridgehead atoms. The smallest absolute Gasteiger partial charge is 0.161 e. The van der Waals surface area contributed by atoms with Gasteiger partial charge in [0.25, 0.3) is 0 Å². The van der Waals surface area contributed by atoms with E-state index in [1.165, 1.54) is 19.8 Å². The Morgan fingerprint density at radius 1 is 1.42 bits per heavy atom. The molecule has 1 aromatic carbocycles. The van der Waals surface area contributed by atoms with Gasteiger partial charge in [-0.15, -0.1) is 0 Å². The third-order valence-electron chi connectivity index (χ3n) is 4.10. The van der Waals surface area contributed by atoms with E-state index in [0.717, 1.165) is 25.1 Å². The molecular formula is C15H22N2O2. The lowest BCUT2D eigenvalue weighted by atomic mass is 9.87. The highest BCUT2D eigenvalue weighted by Crippen LogP contribution is 2.37. The van der Waals surface area contributed by atoms with Crippen molar-refractivity contribution in [3.05, 3.63) is 23.8 Å². The van der Waals surface area contributed by atoms with Crippen molar-refractivity contribution in [2.45, 2.75) is 32.6 Å². The number of carbonyl (C=O) groups excluding carboxylic acids is 1. The van der Waals surface area contributed by atoms with E-state index in [-0.39, 0.29) is 17.8 Å². The summed E-state index contributed by atoms with van der Waals surface area (Å²) in [6.45, 7) is 2.49. The van der Waals surface area contributed by atoms with E-state index in [4.69, 9.17) is 5.73 Å². The Kier molecular flexibility index (Phi) is 4.10. The molecule has 0 atom stereocenters. The Balaban J connectivity index is 2.03. The maximum absolute atomic E-state index is 11.3. The topological polar surface area (TPSA) is 75.3 Å². The van der Waals surface area contributed by atoms with Crippen molar-refractivity contribution in [1.29, 1.82) is 0 Å². The van der Waals surface area contributed by atoms with Crippen molar-refractivity contribution >= 4 is 17.2 Å². The van der Waals surface area contributed by atoms with Gasteiger partial charge in [-0.3, -0.25) is 4.79 Å². The van der Waals surface area contributed by atoms with Crippen LogP contribution in [0.3, 0.4) is 0 Å². The Bertz CT molecular complexity index is 465. The van der Waals surface area contributed by atoms with Crippen molar-refractivity contribution in [2.75, 3.05) is 24.2 Å². The number of nitrogens with one attached hydrogen (secondary N) is 1. The van der Waals surface area contributed by atoms with Crippen LogP contribution in [0.15, 0.2) is 18.2 Å². The molecule has 104 valence electrons. The molecule has 1 aromatic rings. The molecule has 0 amide bonds. The molecule has 0 unspecified atom stereocenters. The number of benzene rings is 1. The van der Waals surface area contributed by atoms with Crippen LogP contribution in [-0.4, -0.2) is 24.0 Å². The van der Waals surface area contributed by atoms with Gasteiger partial charge in [0.1, 0.15) is 0 Å². The molecule has 2 rings (SSSR count). The summed E-state index contributed by atoms with van der Waals surface area (Å²) in [6.07, 6.45) is 4.51. The second-order valence-electron chi connectivity index (χ2n) is 5.58. The largest absolute Gasteiger partial charge is 0.398 e. The van der Waals surface area contributed by atoms with E-state index in [1.807, 2.05) is 6.07 Å². The average molecular weight is 262 g/mol. The third-order valence-corrected chi connectivity index (χ3v) is 4.10. The normalized spacial score (nSPS) is 17.4. The van der Waals surface area contributed by atoms with Gasteiger partial charge in [-0.2, -0.15) is 0 Å². The lowest BCUT2D eigenvalue weighted by Crippen LogP contribution is -2.30. The van der Waals surface area contributed by atoms with Crippen LogP contribution in [0, 0.1) is 5.41 Å². The molecule has 0 aromatic heterocycles. The number of ketones is 1. The van der Waals surface area contributed by atoms with E-state index in [9.17, 15) is 9.90 Å². The number of hydrogen-bond acceptors (Lipinski definition) is 4. The molecule has 1 aliphatic carbocycles. The Hall–Kier alpha value is -1.55. The molecule has 4 nitrogen and oxygen atoms in total. The molecule has 0 aliphatic heterocycles. The molecule has 4 N–H and O–H groups in total. The molecule has 0 heterocycles. The fourth-order valence-electron chi connectivity index (χ4n) is 2.80. The molecule has 19 heavy (non-hydrogen) atoms. The van der Waals surface area contributed by atoms with Crippen LogP contribution in [0.1, 0.15) is 43.0 Å². The van der Waals surface area contributed by atoms with Crippen molar-refractivity contribution in [3.8, 4) is 0 Å². The van der Waals surface area contributed by atoms with Crippen LogP contribution in [0.2, 0.25) is 0 Å². The van der Waals surface area contributed by atoms with Gasteiger partial charge in [-0.25, -0.2) is 0 Å². The summed E-state index contributed by atoms with van der Waals surface area (Å²) in [5.41, 5.74) is 7.83. The van der Waals surface area contributed by atoms with Crippen molar-refractivity contribution in [2.24, 2.45) is 5.41 Å². The fourth-order valence-corrected chi connectivity index (χ4v) is 2.80. The number of nitrogens with two attached hydrogens (primary N) is 1. The SMILES string of the molecule is CC(=O)c1ccc(NCC2(CO)CCCC2)cc1N. The molecule has 4 heteroatoms. The molecule has 1 fully saturated rings. The highest BCUT2D eigenvalue weighted by molar-refractivity contribution is 5.99. The minimum atomic E-state index is -0.0216. The van der Waals surface area contributed by atoms with Gasteiger partial charge in [0.15, 0.2) is 5.78 Å². The zero-order chi connectivity index (χ0) is 13.9. The summed E-state index contributed by atoms with van der Waals surface area (Å²) >= 11 is 0. The Labute approximate surface area is 114 Å². The summed E-state index contributed by atoms with van der Waals surface area (Å²) < 4.78 is 0. The zero-order valence-corrected chi connectivity index (χ0v) is 11.4. The second-order valence-corrected chi connectivity index (χ2v) is 5.58. The van der Waals surface area contributed by atoms with E-state index < -0.39 is 0 Å². The molecular weight excluding hydrogens is 240 g/mol. The highest BCUT2D eigenvalue weighted by Gasteiger charge is 2.32. The molecule has 0 saturated heterocycles. The van der Waals surface area contributed by atoms with Crippen LogP contribution >= 0.6 is 0 Å². The van der Waals surface area contributed by atoms with Crippen molar-refractivity contribution < 1.29 is 9.90 Å². The number of anilines is 2. The highest BCUT2D eigenvalue weighted by atomic mass is 16.3. The van der Waals surface area contributed by atoms with Crippen molar-refractivity contribution in [3.63, 3.8) is 0 Å². The number of carbonyl (C=O) groups is 1. The summed E-state index contributed by atoms with van der Waals surface area (Å²) in [7, 11) is 0. The number of nitrogen functional groups attached to an aromatic ring is 1. The van der Waals surface area contributed by atoms with Gasteiger partial charge in [0.05, 0.1) is 6.61 Å². The molecule has 0 spiro atoms. The maximum Gasteiger partial charge on any atom is 0.161 e. The van der Waals surface area contributed by atoms with Gasteiger partial charge < -0.3 is 16.2 Å². The van der Waals surface area contributed by atoms with E-state index in [2.05, 4.69) is 5.32 Å². The first-order valence-corrected chi connectivity index (χ1v) is 6.81. The molecule has 1 saturated carbocycles. The standard InChI is InChI=1S/C15H22N2O2/c1-11(19)13-5-4-12(8-14(13)16)17-9-15(10-18)6-2-3-7-15/h4-5,8,17-18H,2-3,6-7,9-10,16H2,1H3. The molecule has 0 radical (unpaired) electrons. The van der Waals surface area contributed by atoms with Gasteiger partial charge in [0, 0.05) is 28.9 Å². The summed E-state index contributed by atoms with van der Waals surface area (Å²) in [5.74, 6) is -0.0216. The number of aliphatic hydroxyl groups is 1. The lowest BCUT2D eigenvalue weighted by Gasteiger charge is -2.27. The van der Waals surface area contributed by atoms with Crippen LogP contribution in [-0.2, 0) is 0 Å². The van der Waals surface area contributed by atoms with Gasteiger partial charge >= 0.3 is 0 Å². The van der Waals surface area contributed by atoms with Crippen LogP contribution in [0.4, 0.5) is 11.4 Å². The number of rotatable bonds is 5. The average Bonchev–Trinajstić information content (AvgIpc) is 2.85.